The molecule has 0 spiro atoms. The molecule has 1 amide bonds. The number of carbonyl (C=O) groups is 1. The average Bonchev–Trinajstić information content (AvgIpc) is 3.04. The van der Waals surface area contributed by atoms with Gasteiger partial charge in [-0.15, -0.1) is 11.3 Å². The predicted octanol–water partition coefficient (Wildman–Crippen LogP) is 0.990. The lowest BCUT2D eigenvalue weighted by atomic mass is 10.1. The Bertz CT molecular complexity index is 641. The van der Waals surface area contributed by atoms with Gasteiger partial charge in [0.05, 0.1) is 12.1 Å². The van der Waals surface area contributed by atoms with Gasteiger partial charge in [0.1, 0.15) is 10.7 Å². The van der Waals surface area contributed by atoms with Crippen molar-refractivity contribution in [2.45, 2.75) is 25.1 Å². The number of aromatic nitrogens is 1. The molecule has 1 heterocycles. The number of carbonyl (C=O) groups excluding carboxylic acids is 1. The molecule has 1 aliphatic rings. The number of nitrogens with two attached hydrogens (primary N) is 1. The highest BCUT2D eigenvalue weighted by atomic mass is 32.1. The lowest BCUT2D eigenvalue weighted by molar-refractivity contribution is 0.0854. The van der Waals surface area contributed by atoms with Gasteiger partial charge in [-0.25, -0.2) is 4.98 Å². The number of amides is 1. The maximum atomic E-state index is 12.2. The summed E-state index contributed by atoms with van der Waals surface area (Å²) in [4.78, 5) is 16.3. The van der Waals surface area contributed by atoms with Crippen LogP contribution in [-0.4, -0.2) is 22.1 Å². The lowest BCUT2D eigenvalue weighted by Crippen LogP contribution is -2.34. The minimum absolute atomic E-state index is 0.276. The van der Waals surface area contributed by atoms with E-state index in [4.69, 9.17) is 5.73 Å². The molecular formula is C14H15N3O2S. The molecule has 3 rings (SSSR count). The van der Waals surface area contributed by atoms with E-state index in [9.17, 15) is 9.90 Å². The third kappa shape index (κ3) is 2.33. The second-order valence-corrected chi connectivity index (χ2v) is 5.69. The number of nitrogens with zero attached hydrogens (tertiary/aromatic N) is 1. The molecule has 1 aromatic heterocycles. The van der Waals surface area contributed by atoms with Crippen LogP contribution in [0, 0.1) is 0 Å². The van der Waals surface area contributed by atoms with E-state index >= 15 is 0 Å². The molecule has 0 bridgehead atoms. The highest BCUT2D eigenvalue weighted by Crippen LogP contribution is 2.31. The van der Waals surface area contributed by atoms with Gasteiger partial charge in [0.2, 0.25) is 0 Å². The van der Waals surface area contributed by atoms with Crippen LogP contribution in [0.5, 0.6) is 0 Å². The molecule has 0 radical (unpaired) electrons. The zero-order chi connectivity index (χ0) is 14.1. The Kier molecular flexibility index (Phi) is 3.52. The summed E-state index contributed by atoms with van der Waals surface area (Å²) < 4.78 is 0. The molecule has 0 unspecified atom stereocenters. The first-order valence-corrected chi connectivity index (χ1v) is 7.28. The van der Waals surface area contributed by atoms with Crippen LogP contribution in [-0.2, 0) is 13.0 Å². The summed E-state index contributed by atoms with van der Waals surface area (Å²) in [6, 6.07) is 7.37. The number of fused-ring (bicyclic) bond motifs is 1. The molecule has 20 heavy (non-hydrogen) atoms. The molecule has 6 heteroatoms. The maximum Gasteiger partial charge on any atom is 0.271 e. The Morgan fingerprint density at radius 2 is 2.30 bits per heavy atom. The van der Waals surface area contributed by atoms with Crippen molar-refractivity contribution in [1.29, 1.82) is 0 Å². The molecule has 1 aromatic carbocycles. The van der Waals surface area contributed by atoms with Crippen molar-refractivity contribution in [3.05, 3.63) is 51.5 Å². The second kappa shape index (κ2) is 5.32. The predicted molar refractivity (Wildman–Crippen MR) is 76.4 cm³/mol. The monoisotopic (exact) mass is 289 g/mol. The fourth-order valence-electron chi connectivity index (χ4n) is 2.47. The Hall–Kier alpha value is -1.76. The van der Waals surface area contributed by atoms with Gasteiger partial charge in [-0.2, -0.15) is 0 Å². The Morgan fingerprint density at radius 1 is 1.50 bits per heavy atom. The van der Waals surface area contributed by atoms with Crippen molar-refractivity contribution in [3.8, 4) is 0 Å². The molecule has 5 nitrogen and oxygen atoms in total. The first-order chi connectivity index (χ1) is 9.69. The minimum atomic E-state index is -0.594. The third-order valence-electron chi connectivity index (χ3n) is 3.45. The summed E-state index contributed by atoms with van der Waals surface area (Å²) >= 11 is 1.36. The Morgan fingerprint density at radius 3 is 3.05 bits per heavy atom. The Labute approximate surface area is 120 Å². The first-order valence-electron chi connectivity index (χ1n) is 6.40. The molecule has 1 aliphatic carbocycles. The second-order valence-electron chi connectivity index (χ2n) is 4.75. The van der Waals surface area contributed by atoms with Gasteiger partial charge in [-0.1, -0.05) is 24.3 Å². The van der Waals surface area contributed by atoms with Gasteiger partial charge in [-0.3, -0.25) is 4.79 Å². The van der Waals surface area contributed by atoms with Crippen molar-refractivity contribution < 1.29 is 9.90 Å². The van der Waals surface area contributed by atoms with E-state index in [1.807, 2.05) is 24.3 Å². The lowest BCUT2D eigenvalue weighted by Gasteiger charge is -2.17. The number of hydrogen-bond acceptors (Lipinski definition) is 5. The molecular weight excluding hydrogens is 274 g/mol. The third-order valence-corrected chi connectivity index (χ3v) is 4.32. The van der Waals surface area contributed by atoms with Gasteiger partial charge >= 0.3 is 0 Å². The number of aliphatic hydroxyl groups is 1. The van der Waals surface area contributed by atoms with E-state index in [1.54, 1.807) is 5.38 Å². The van der Waals surface area contributed by atoms with E-state index < -0.39 is 6.10 Å². The molecule has 0 saturated heterocycles. The van der Waals surface area contributed by atoms with Gasteiger partial charge in [-0.05, 0) is 11.1 Å². The molecule has 0 aliphatic heterocycles. The van der Waals surface area contributed by atoms with Crippen molar-refractivity contribution in [1.82, 2.24) is 10.3 Å². The molecule has 2 aromatic rings. The number of thiazole rings is 1. The quantitative estimate of drug-likeness (QED) is 0.786. The number of hydrogen-bond donors (Lipinski definition) is 3. The summed E-state index contributed by atoms with van der Waals surface area (Å²) in [5, 5.41) is 15.4. The number of benzene rings is 1. The first kappa shape index (κ1) is 13.2. The summed E-state index contributed by atoms with van der Waals surface area (Å²) in [6.45, 7) is 0.326. The van der Waals surface area contributed by atoms with Crippen molar-refractivity contribution in [2.24, 2.45) is 5.73 Å². The molecule has 2 atom stereocenters. The van der Waals surface area contributed by atoms with E-state index in [1.165, 1.54) is 11.3 Å². The molecule has 0 saturated carbocycles. The fourth-order valence-corrected chi connectivity index (χ4v) is 3.13. The van der Waals surface area contributed by atoms with Crippen LogP contribution in [0.15, 0.2) is 29.6 Å². The van der Waals surface area contributed by atoms with Crippen molar-refractivity contribution in [3.63, 3.8) is 0 Å². The van der Waals surface area contributed by atoms with Crippen LogP contribution in [0.1, 0.15) is 32.7 Å². The minimum Gasteiger partial charge on any atom is -0.390 e. The highest BCUT2D eigenvalue weighted by molar-refractivity contribution is 7.09. The van der Waals surface area contributed by atoms with Gasteiger partial charge in [0.15, 0.2) is 0 Å². The van der Waals surface area contributed by atoms with Gasteiger partial charge in [0, 0.05) is 18.3 Å². The van der Waals surface area contributed by atoms with Crippen LogP contribution in [0.25, 0.3) is 0 Å². The van der Waals surface area contributed by atoms with Crippen LogP contribution in [0.4, 0.5) is 0 Å². The van der Waals surface area contributed by atoms with E-state index in [0.717, 1.165) is 16.1 Å². The SMILES string of the molecule is NCc1nc(C(=O)N[C@@H]2c3ccccc3C[C@@H]2O)cs1. The van der Waals surface area contributed by atoms with Gasteiger partial charge < -0.3 is 16.2 Å². The summed E-state index contributed by atoms with van der Waals surface area (Å²) in [5.41, 5.74) is 7.89. The van der Waals surface area contributed by atoms with Crippen LogP contribution < -0.4 is 11.1 Å². The van der Waals surface area contributed by atoms with Crippen molar-refractivity contribution in [2.75, 3.05) is 0 Å². The van der Waals surface area contributed by atoms with E-state index in [2.05, 4.69) is 10.3 Å². The van der Waals surface area contributed by atoms with E-state index in [-0.39, 0.29) is 11.9 Å². The fraction of sp³-hybridized carbons (Fsp3) is 0.286. The zero-order valence-electron chi connectivity index (χ0n) is 10.7. The topological polar surface area (TPSA) is 88.2 Å². The normalized spacial score (nSPS) is 20.7. The van der Waals surface area contributed by atoms with Gasteiger partial charge in [0.25, 0.3) is 5.91 Å². The largest absolute Gasteiger partial charge is 0.390 e. The standard InChI is InChI=1S/C14H15N3O2S/c15-6-12-16-10(7-20-12)14(19)17-13-9-4-2-1-3-8(9)5-11(13)18/h1-4,7,11,13,18H,5-6,15H2,(H,17,19)/t11-,13+/m0/s1. The summed E-state index contributed by atoms with van der Waals surface area (Å²) in [5.74, 6) is -0.276. The van der Waals surface area contributed by atoms with Crippen molar-refractivity contribution >= 4 is 17.2 Å². The van der Waals surface area contributed by atoms with Crippen LogP contribution in [0.2, 0.25) is 0 Å². The highest BCUT2D eigenvalue weighted by Gasteiger charge is 2.32. The summed E-state index contributed by atoms with van der Waals surface area (Å²) in [6.07, 6.45) is -0.0318. The number of aliphatic hydroxyl groups excluding tert-OH is 1. The number of rotatable bonds is 3. The maximum absolute atomic E-state index is 12.2. The van der Waals surface area contributed by atoms with E-state index in [0.29, 0.717) is 18.7 Å². The smallest absolute Gasteiger partial charge is 0.271 e. The van der Waals surface area contributed by atoms with Crippen LogP contribution >= 0.6 is 11.3 Å². The molecule has 0 fully saturated rings. The molecule has 104 valence electrons. The average molecular weight is 289 g/mol. The zero-order valence-corrected chi connectivity index (χ0v) is 11.6. The number of nitrogens with one attached hydrogen (secondary N) is 1. The summed E-state index contributed by atoms with van der Waals surface area (Å²) in [7, 11) is 0. The Balaban J connectivity index is 1.79. The molecule has 4 N–H and O–H groups in total. The van der Waals surface area contributed by atoms with Crippen LogP contribution in [0.3, 0.4) is 0 Å².